The van der Waals surface area contributed by atoms with E-state index in [1.54, 1.807) is 12.4 Å². The summed E-state index contributed by atoms with van der Waals surface area (Å²) in [6.45, 7) is 0. The first-order valence-corrected chi connectivity index (χ1v) is 6.01. The third-order valence-electron chi connectivity index (χ3n) is 1.89. The number of fused-ring (bicyclic) bond motifs is 1. The topological polar surface area (TPSA) is 82.0 Å². The smallest absolute Gasteiger partial charge is 0.233 e. The summed E-state index contributed by atoms with van der Waals surface area (Å²) in [6.07, 6.45) is 8.64. The zero-order valence-corrected chi connectivity index (χ0v) is 11.4. The molecule has 0 aliphatic carbocycles. The van der Waals surface area contributed by atoms with Gasteiger partial charge in [0.25, 0.3) is 0 Å². The standard InChI is InChI=1S/C6H5N3.C4H3BrClN3/c1-2-7-6-8-3-5-9(6)4-1;5-3-4(7)9-2(6)1-8-3/h1-5H;1H,(H2,7,9). The van der Waals surface area contributed by atoms with E-state index in [0.29, 0.717) is 15.6 Å². The third-order valence-corrected chi connectivity index (χ3v) is 2.69. The van der Waals surface area contributed by atoms with Gasteiger partial charge in [-0.25, -0.2) is 19.9 Å². The minimum absolute atomic E-state index is 0.302. The molecule has 0 fully saturated rings. The van der Waals surface area contributed by atoms with Crippen molar-refractivity contribution in [3.63, 3.8) is 0 Å². The molecule has 0 bridgehead atoms. The lowest BCUT2D eigenvalue weighted by Gasteiger charge is -1.93. The van der Waals surface area contributed by atoms with Crippen LogP contribution in [0.15, 0.2) is 41.7 Å². The molecule has 0 radical (unpaired) electrons. The van der Waals surface area contributed by atoms with E-state index in [4.69, 9.17) is 17.3 Å². The molecule has 3 aromatic rings. The van der Waals surface area contributed by atoms with Gasteiger partial charge in [0.05, 0.1) is 6.20 Å². The van der Waals surface area contributed by atoms with E-state index in [-0.39, 0.29) is 0 Å². The molecule has 0 saturated heterocycles. The first-order valence-electron chi connectivity index (χ1n) is 4.84. The molecule has 0 amide bonds. The van der Waals surface area contributed by atoms with Gasteiger partial charge in [-0.05, 0) is 22.0 Å². The van der Waals surface area contributed by atoms with Crippen LogP contribution in [0, 0.1) is 0 Å². The van der Waals surface area contributed by atoms with Crippen LogP contribution < -0.4 is 5.73 Å². The average molecular weight is 328 g/mol. The number of hydrogen-bond donors (Lipinski definition) is 1. The minimum atomic E-state index is 0.302. The third kappa shape index (κ3) is 3.14. The second-order valence-corrected chi connectivity index (χ2v) is 4.26. The molecule has 8 heteroatoms. The average Bonchev–Trinajstić information content (AvgIpc) is 2.83. The van der Waals surface area contributed by atoms with Crippen LogP contribution in [0.2, 0.25) is 5.15 Å². The Hall–Kier alpha value is -1.73. The lowest BCUT2D eigenvalue weighted by Crippen LogP contribution is -1.92. The minimum Gasteiger partial charge on any atom is -0.381 e. The Labute approximate surface area is 116 Å². The molecule has 0 aliphatic heterocycles. The van der Waals surface area contributed by atoms with Crippen molar-refractivity contribution in [1.29, 1.82) is 0 Å². The Bertz CT molecular complexity index is 625. The highest BCUT2D eigenvalue weighted by molar-refractivity contribution is 9.10. The molecule has 0 spiro atoms. The summed E-state index contributed by atoms with van der Waals surface area (Å²) in [7, 11) is 0. The van der Waals surface area contributed by atoms with Crippen molar-refractivity contribution < 1.29 is 0 Å². The van der Waals surface area contributed by atoms with Gasteiger partial charge in [-0.3, -0.25) is 4.40 Å². The molecule has 18 heavy (non-hydrogen) atoms. The Morgan fingerprint density at radius 1 is 1.17 bits per heavy atom. The predicted molar refractivity (Wildman–Crippen MR) is 72.1 cm³/mol. The largest absolute Gasteiger partial charge is 0.381 e. The second-order valence-electron chi connectivity index (χ2n) is 3.12. The number of nitrogen functional groups attached to an aromatic ring is 1. The van der Waals surface area contributed by atoms with Crippen molar-refractivity contribution in [3.05, 3.63) is 46.8 Å². The van der Waals surface area contributed by atoms with E-state index >= 15 is 0 Å². The van der Waals surface area contributed by atoms with Gasteiger partial charge in [0.2, 0.25) is 5.78 Å². The molecule has 3 heterocycles. The molecule has 2 N–H and O–H groups in total. The van der Waals surface area contributed by atoms with Gasteiger partial charge in [0.1, 0.15) is 9.76 Å². The maximum Gasteiger partial charge on any atom is 0.233 e. The molecule has 0 aromatic carbocycles. The molecule has 3 rings (SSSR count). The summed E-state index contributed by atoms with van der Waals surface area (Å²) in [6, 6.07) is 1.87. The van der Waals surface area contributed by atoms with Gasteiger partial charge in [0.15, 0.2) is 5.82 Å². The number of aromatic nitrogens is 5. The predicted octanol–water partition coefficient (Wildman–Crippen LogP) is 2.20. The number of hydrogen-bond acceptors (Lipinski definition) is 5. The Kier molecular flexibility index (Phi) is 4.06. The van der Waals surface area contributed by atoms with Crippen LogP contribution in [0.3, 0.4) is 0 Å². The summed E-state index contributed by atoms with van der Waals surface area (Å²) in [5.41, 5.74) is 5.32. The van der Waals surface area contributed by atoms with E-state index in [0.717, 1.165) is 5.78 Å². The maximum absolute atomic E-state index is 5.44. The highest BCUT2D eigenvalue weighted by Gasteiger charge is 1.96. The lowest BCUT2D eigenvalue weighted by molar-refractivity contribution is 1.11. The second kappa shape index (κ2) is 5.74. The van der Waals surface area contributed by atoms with Crippen molar-refractivity contribution in [2.24, 2.45) is 0 Å². The van der Waals surface area contributed by atoms with Crippen LogP contribution in [0.4, 0.5) is 5.82 Å². The highest BCUT2D eigenvalue weighted by Crippen LogP contribution is 2.14. The van der Waals surface area contributed by atoms with Crippen molar-refractivity contribution in [2.45, 2.75) is 0 Å². The van der Waals surface area contributed by atoms with Gasteiger partial charge in [-0.2, -0.15) is 0 Å². The summed E-state index contributed by atoms with van der Waals surface area (Å²) in [5, 5.41) is 0.302. The van der Waals surface area contributed by atoms with Crippen LogP contribution in [0.1, 0.15) is 0 Å². The van der Waals surface area contributed by atoms with Gasteiger partial charge in [-0.15, -0.1) is 0 Å². The summed E-state index contributed by atoms with van der Waals surface area (Å²) < 4.78 is 2.38. The zero-order valence-electron chi connectivity index (χ0n) is 9.03. The monoisotopic (exact) mass is 326 g/mol. The molecule has 0 saturated carbocycles. The van der Waals surface area contributed by atoms with Gasteiger partial charge < -0.3 is 5.73 Å². The van der Waals surface area contributed by atoms with Gasteiger partial charge in [0, 0.05) is 24.8 Å². The number of rotatable bonds is 0. The molecule has 92 valence electrons. The SMILES string of the molecule is Nc1nc(Cl)cnc1Br.c1cnc2nccn2c1. The van der Waals surface area contributed by atoms with Crippen LogP contribution >= 0.6 is 27.5 Å². The fourth-order valence-corrected chi connectivity index (χ4v) is 1.46. The molecule has 0 atom stereocenters. The number of nitrogens with zero attached hydrogens (tertiary/aromatic N) is 5. The maximum atomic E-state index is 5.44. The number of imidazole rings is 1. The van der Waals surface area contributed by atoms with Crippen molar-refractivity contribution >= 4 is 39.1 Å². The zero-order chi connectivity index (χ0) is 13.0. The number of anilines is 1. The van der Waals surface area contributed by atoms with Crippen molar-refractivity contribution in [3.8, 4) is 0 Å². The fraction of sp³-hybridized carbons (Fsp3) is 0. The first-order chi connectivity index (χ1) is 8.66. The van der Waals surface area contributed by atoms with Gasteiger partial charge >= 0.3 is 0 Å². The summed E-state index contributed by atoms with van der Waals surface area (Å²) in [4.78, 5) is 15.4. The van der Waals surface area contributed by atoms with E-state index in [9.17, 15) is 0 Å². The number of nitrogens with two attached hydrogens (primary N) is 1. The van der Waals surface area contributed by atoms with Crippen LogP contribution in [-0.4, -0.2) is 24.3 Å². The van der Waals surface area contributed by atoms with Crippen LogP contribution in [-0.2, 0) is 0 Å². The quantitative estimate of drug-likeness (QED) is 0.684. The summed E-state index contributed by atoms with van der Waals surface area (Å²) >= 11 is 8.51. The fourth-order valence-electron chi connectivity index (χ4n) is 1.13. The van der Waals surface area contributed by atoms with E-state index in [1.165, 1.54) is 6.20 Å². The highest BCUT2D eigenvalue weighted by atomic mass is 79.9. The van der Waals surface area contributed by atoms with E-state index in [2.05, 4.69) is 35.9 Å². The molecular weight excluding hydrogens is 320 g/mol. The Balaban J connectivity index is 0.000000134. The molecule has 0 unspecified atom stereocenters. The van der Waals surface area contributed by atoms with Crippen molar-refractivity contribution in [1.82, 2.24) is 24.3 Å². The molecule has 3 aromatic heterocycles. The van der Waals surface area contributed by atoms with E-state index < -0.39 is 0 Å². The summed E-state index contributed by atoms with van der Waals surface area (Å²) in [5.74, 6) is 1.06. The van der Waals surface area contributed by atoms with Crippen LogP contribution in [0.25, 0.3) is 5.78 Å². The van der Waals surface area contributed by atoms with E-state index in [1.807, 2.05) is 22.9 Å². The number of halogens is 2. The lowest BCUT2D eigenvalue weighted by atomic mass is 10.7. The van der Waals surface area contributed by atoms with Crippen LogP contribution in [0.5, 0.6) is 0 Å². The molecular formula is C10H8BrClN6. The Morgan fingerprint density at radius 3 is 2.61 bits per heavy atom. The normalized spacial score (nSPS) is 9.89. The molecule has 0 aliphatic rings. The first kappa shape index (κ1) is 12.7. The molecule has 6 nitrogen and oxygen atoms in total. The van der Waals surface area contributed by atoms with Gasteiger partial charge in [-0.1, -0.05) is 11.6 Å². The van der Waals surface area contributed by atoms with Crippen molar-refractivity contribution in [2.75, 3.05) is 5.73 Å². The Morgan fingerprint density at radius 2 is 1.94 bits per heavy atom.